The summed E-state index contributed by atoms with van der Waals surface area (Å²) in [5, 5.41) is 15.3. The number of amides is 2. The van der Waals surface area contributed by atoms with Crippen molar-refractivity contribution in [1.82, 2.24) is 10.6 Å². The molecule has 0 spiro atoms. The van der Waals surface area contributed by atoms with Gasteiger partial charge in [-0.15, -0.1) is 0 Å². The van der Waals surface area contributed by atoms with Crippen LogP contribution >= 0.6 is 0 Å². The zero-order valence-electron chi connectivity index (χ0n) is 13.7. The Labute approximate surface area is 127 Å². The predicted octanol–water partition coefficient (Wildman–Crippen LogP) is 3.00. The van der Waals surface area contributed by atoms with E-state index in [4.69, 9.17) is 0 Å². The maximum Gasteiger partial charge on any atom is 0.330 e. The van der Waals surface area contributed by atoms with E-state index < -0.39 is 11.5 Å². The number of carboxylic acids is 1. The molecular formula is C16H30N2O3. The van der Waals surface area contributed by atoms with E-state index >= 15 is 0 Å². The number of rotatable bonds is 6. The molecule has 21 heavy (non-hydrogen) atoms. The molecule has 1 aliphatic rings. The number of carbonyl (C=O) groups excluding carboxylic acids is 1. The van der Waals surface area contributed by atoms with E-state index in [1.165, 1.54) is 0 Å². The molecule has 0 aromatic carbocycles. The molecule has 1 saturated carbocycles. The maximum atomic E-state index is 12.2. The van der Waals surface area contributed by atoms with Gasteiger partial charge in [-0.2, -0.15) is 0 Å². The molecule has 1 rings (SSSR count). The van der Waals surface area contributed by atoms with Gasteiger partial charge in [-0.1, -0.05) is 47.0 Å². The lowest BCUT2D eigenvalue weighted by molar-refractivity contribution is -0.151. The minimum atomic E-state index is -1.14. The summed E-state index contributed by atoms with van der Waals surface area (Å²) in [5.41, 5.74) is -1.14. The quantitative estimate of drug-likeness (QED) is 0.705. The molecule has 0 aromatic heterocycles. The third-order valence-electron chi connectivity index (χ3n) is 5.21. The van der Waals surface area contributed by atoms with Crippen molar-refractivity contribution >= 4 is 12.0 Å². The summed E-state index contributed by atoms with van der Waals surface area (Å²) in [4.78, 5) is 24.0. The molecule has 5 heteroatoms. The molecule has 1 fully saturated rings. The Balaban J connectivity index is 2.74. The monoisotopic (exact) mass is 298 g/mol. The van der Waals surface area contributed by atoms with Gasteiger partial charge in [0.15, 0.2) is 0 Å². The third-order valence-corrected chi connectivity index (χ3v) is 5.21. The molecule has 0 radical (unpaired) electrons. The number of carbonyl (C=O) groups is 2. The Bertz CT molecular complexity index is 357. The van der Waals surface area contributed by atoms with Crippen LogP contribution in [0.2, 0.25) is 0 Å². The largest absolute Gasteiger partial charge is 0.479 e. The van der Waals surface area contributed by atoms with Crippen molar-refractivity contribution in [2.24, 2.45) is 17.8 Å². The molecule has 2 atom stereocenters. The number of nitrogens with one attached hydrogen (secondary N) is 2. The van der Waals surface area contributed by atoms with Crippen molar-refractivity contribution in [2.45, 2.75) is 65.3 Å². The molecule has 2 unspecified atom stereocenters. The first-order chi connectivity index (χ1) is 9.88. The highest BCUT2D eigenvalue weighted by atomic mass is 16.4. The lowest BCUT2D eigenvalue weighted by atomic mass is 9.67. The fourth-order valence-electron chi connectivity index (χ4n) is 3.44. The van der Waals surface area contributed by atoms with Crippen molar-refractivity contribution in [2.75, 3.05) is 6.54 Å². The molecule has 0 bridgehead atoms. The summed E-state index contributed by atoms with van der Waals surface area (Å²) in [6.45, 7) is 8.63. The van der Waals surface area contributed by atoms with Crippen LogP contribution in [-0.2, 0) is 4.79 Å². The Morgan fingerprint density at radius 2 is 1.71 bits per heavy atom. The van der Waals surface area contributed by atoms with Gasteiger partial charge < -0.3 is 15.7 Å². The van der Waals surface area contributed by atoms with E-state index in [2.05, 4.69) is 24.5 Å². The maximum absolute atomic E-state index is 12.2. The smallest absolute Gasteiger partial charge is 0.330 e. The summed E-state index contributed by atoms with van der Waals surface area (Å²) < 4.78 is 0. The minimum absolute atomic E-state index is 0.0577. The van der Waals surface area contributed by atoms with E-state index in [0.717, 1.165) is 32.1 Å². The second-order valence-electron chi connectivity index (χ2n) is 6.42. The first-order valence-electron chi connectivity index (χ1n) is 8.17. The van der Waals surface area contributed by atoms with Gasteiger partial charge in [0.1, 0.15) is 5.54 Å². The van der Waals surface area contributed by atoms with Crippen LogP contribution in [0.25, 0.3) is 0 Å². The Kier molecular flexibility index (Phi) is 6.49. The van der Waals surface area contributed by atoms with E-state index in [-0.39, 0.29) is 17.9 Å². The lowest BCUT2D eigenvalue weighted by Crippen LogP contribution is -2.65. The van der Waals surface area contributed by atoms with Gasteiger partial charge in [0, 0.05) is 6.54 Å². The van der Waals surface area contributed by atoms with Crippen molar-refractivity contribution in [3.8, 4) is 0 Å². The van der Waals surface area contributed by atoms with Gasteiger partial charge in [-0.3, -0.25) is 0 Å². The molecule has 5 nitrogen and oxygen atoms in total. The average molecular weight is 298 g/mol. The second-order valence-corrected chi connectivity index (χ2v) is 6.42. The van der Waals surface area contributed by atoms with Crippen molar-refractivity contribution in [1.29, 1.82) is 0 Å². The van der Waals surface area contributed by atoms with Crippen LogP contribution in [0.4, 0.5) is 4.79 Å². The third kappa shape index (κ3) is 3.89. The molecule has 3 N–H and O–H groups in total. The van der Waals surface area contributed by atoms with E-state index in [1.807, 2.05) is 13.8 Å². The molecule has 0 saturated heterocycles. The molecule has 0 aromatic rings. The van der Waals surface area contributed by atoms with Crippen molar-refractivity contribution < 1.29 is 14.7 Å². The second kappa shape index (κ2) is 7.66. The van der Waals surface area contributed by atoms with Gasteiger partial charge in [0.2, 0.25) is 0 Å². The number of aliphatic carboxylic acids is 1. The number of urea groups is 1. The Morgan fingerprint density at radius 3 is 2.14 bits per heavy atom. The van der Waals surface area contributed by atoms with Gasteiger partial charge in [0.25, 0.3) is 0 Å². The fourth-order valence-corrected chi connectivity index (χ4v) is 3.44. The van der Waals surface area contributed by atoms with E-state index in [9.17, 15) is 14.7 Å². The van der Waals surface area contributed by atoms with E-state index in [0.29, 0.717) is 12.5 Å². The first-order valence-corrected chi connectivity index (χ1v) is 8.17. The van der Waals surface area contributed by atoms with Crippen molar-refractivity contribution in [3.05, 3.63) is 0 Å². The number of hydrogen-bond donors (Lipinski definition) is 3. The van der Waals surface area contributed by atoms with Gasteiger partial charge in [0.05, 0.1) is 0 Å². The highest BCUT2D eigenvalue weighted by Crippen LogP contribution is 2.38. The highest BCUT2D eigenvalue weighted by molar-refractivity contribution is 5.87. The molecule has 0 heterocycles. The summed E-state index contributed by atoms with van der Waals surface area (Å²) in [6, 6.07) is -0.357. The fraction of sp³-hybridized carbons (Fsp3) is 0.875. The van der Waals surface area contributed by atoms with Crippen LogP contribution < -0.4 is 10.6 Å². The molecular weight excluding hydrogens is 268 g/mol. The molecule has 0 aliphatic heterocycles. The van der Waals surface area contributed by atoms with E-state index in [1.54, 1.807) is 0 Å². The lowest BCUT2D eigenvalue weighted by Gasteiger charge is -2.44. The van der Waals surface area contributed by atoms with Crippen LogP contribution in [0, 0.1) is 17.8 Å². The zero-order valence-corrected chi connectivity index (χ0v) is 13.7. The Hall–Kier alpha value is -1.26. The summed E-state index contributed by atoms with van der Waals surface area (Å²) >= 11 is 0. The number of carboxylic acid groups (broad SMARTS) is 1. The van der Waals surface area contributed by atoms with Crippen LogP contribution in [0.1, 0.15) is 59.8 Å². The zero-order chi connectivity index (χ0) is 16.0. The predicted molar refractivity (Wildman–Crippen MR) is 83.2 cm³/mol. The first kappa shape index (κ1) is 17.8. The Morgan fingerprint density at radius 1 is 1.19 bits per heavy atom. The average Bonchev–Trinajstić information content (AvgIpc) is 2.44. The molecule has 1 aliphatic carbocycles. The molecule has 2 amide bonds. The summed E-state index contributed by atoms with van der Waals surface area (Å²) in [7, 11) is 0. The SMILES string of the molecule is CCC(CC)CNC(=O)NC1(C(=O)O)C(C)CCCC1C. The normalized spacial score (nSPS) is 29.2. The van der Waals surface area contributed by atoms with Crippen LogP contribution in [0.15, 0.2) is 0 Å². The standard InChI is InChI=1S/C16H30N2O3/c1-5-13(6-2)10-17-15(21)18-16(14(19)20)11(3)8-7-9-12(16)4/h11-13H,5-10H2,1-4H3,(H,19,20)(H2,17,18,21). The highest BCUT2D eigenvalue weighted by Gasteiger charge is 2.51. The van der Waals surface area contributed by atoms with Gasteiger partial charge in [-0.05, 0) is 30.6 Å². The van der Waals surface area contributed by atoms with Crippen LogP contribution in [0.3, 0.4) is 0 Å². The number of hydrogen-bond acceptors (Lipinski definition) is 2. The van der Waals surface area contributed by atoms with Crippen LogP contribution in [-0.4, -0.2) is 29.2 Å². The van der Waals surface area contributed by atoms with Crippen LogP contribution in [0.5, 0.6) is 0 Å². The summed E-state index contributed by atoms with van der Waals surface area (Å²) in [5.74, 6) is -0.590. The topological polar surface area (TPSA) is 78.4 Å². The summed E-state index contributed by atoms with van der Waals surface area (Å²) in [6.07, 6.45) is 4.71. The van der Waals surface area contributed by atoms with Gasteiger partial charge >= 0.3 is 12.0 Å². The van der Waals surface area contributed by atoms with Crippen molar-refractivity contribution in [3.63, 3.8) is 0 Å². The van der Waals surface area contributed by atoms with Gasteiger partial charge in [-0.25, -0.2) is 9.59 Å². The molecule has 122 valence electrons. The minimum Gasteiger partial charge on any atom is -0.479 e.